The zero-order valence-corrected chi connectivity index (χ0v) is 13.2. The van der Waals surface area contributed by atoms with Gasteiger partial charge in [-0.1, -0.05) is 0 Å². The molecule has 2 aromatic heterocycles. The van der Waals surface area contributed by atoms with Gasteiger partial charge < -0.3 is 14.9 Å². The van der Waals surface area contributed by atoms with E-state index in [9.17, 15) is 9.90 Å². The van der Waals surface area contributed by atoms with Crippen molar-refractivity contribution in [2.45, 2.75) is 18.9 Å². The topological polar surface area (TPSA) is 98.2 Å². The van der Waals surface area contributed by atoms with E-state index in [2.05, 4.69) is 24.8 Å². The molecule has 8 nitrogen and oxygen atoms in total. The van der Waals surface area contributed by atoms with Gasteiger partial charge >= 0.3 is 0 Å². The van der Waals surface area contributed by atoms with Crippen molar-refractivity contribution in [2.75, 3.05) is 37.0 Å². The number of aliphatic hydroxyl groups excluding tert-OH is 1. The van der Waals surface area contributed by atoms with Crippen LogP contribution in [0.25, 0.3) is 0 Å². The number of H-pyrrole nitrogens is 1. The number of hydrogen-bond donors (Lipinski definition) is 2. The van der Waals surface area contributed by atoms with Gasteiger partial charge in [0.15, 0.2) is 0 Å². The van der Waals surface area contributed by atoms with E-state index >= 15 is 0 Å². The van der Waals surface area contributed by atoms with Crippen molar-refractivity contribution >= 4 is 11.9 Å². The fourth-order valence-electron chi connectivity index (χ4n) is 2.69. The fourth-order valence-corrected chi connectivity index (χ4v) is 2.69. The quantitative estimate of drug-likeness (QED) is 0.826. The second-order valence-corrected chi connectivity index (χ2v) is 5.83. The summed E-state index contributed by atoms with van der Waals surface area (Å²) in [6, 6.07) is 3.25. The predicted molar refractivity (Wildman–Crippen MR) is 86.7 cm³/mol. The van der Waals surface area contributed by atoms with Gasteiger partial charge in [0.25, 0.3) is 5.56 Å². The Morgan fingerprint density at radius 3 is 3.00 bits per heavy atom. The highest BCUT2D eigenvalue weighted by molar-refractivity contribution is 5.35. The van der Waals surface area contributed by atoms with Crippen molar-refractivity contribution in [3.8, 4) is 0 Å². The molecule has 0 aliphatic carbocycles. The Kier molecular flexibility index (Phi) is 4.24. The summed E-state index contributed by atoms with van der Waals surface area (Å²) in [5, 5.41) is 9.19. The summed E-state index contributed by atoms with van der Waals surface area (Å²) >= 11 is 0. The van der Waals surface area contributed by atoms with Crippen LogP contribution in [-0.2, 0) is 6.61 Å². The van der Waals surface area contributed by atoms with Gasteiger partial charge in [-0.15, -0.1) is 0 Å². The summed E-state index contributed by atoms with van der Waals surface area (Å²) in [7, 11) is 3.69. The summed E-state index contributed by atoms with van der Waals surface area (Å²) in [6.07, 6.45) is 2.53. The number of aliphatic hydroxyl groups is 1. The molecule has 1 fully saturated rings. The zero-order chi connectivity index (χ0) is 16.4. The van der Waals surface area contributed by atoms with Gasteiger partial charge in [-0.25, -0.2) is 15.0 Å². The molecule has 0 saturated carbocycles. The van der Waals surface area contributed by atoms with Crippen LogP contribution < -0.4 is 15.4 Å². The van der Waals surface area contributed by atoms with E-state index in [1.807, 2.05) is 14.1 Å². The molecule has 23 heavy (non-hydrogen) atoms. The molecular formula is C15H20N6O2. The van der Waals surface area contributed by atoms with E-state index in [0.717, 1.165) is 18.7 Å². The predicted octanol–water partition coefficient (Wildman–Crippen LogP) is 0.112. The van der Waals surface area contributed by atoms with Crippen molar-refractivity contribution in [1.82, 2.24) is 19.9 Å². The first-order chi connectivity index (χ1) is 11.1. The second-order valence-electron chi connectivity index (χ2n) is 5.83. The molecule has 3 heterocycles. The van der Waals surface area contributed by atoms with Gasteiger partial charge in [-0.05, 0) is 12.5 Å². The Balaban J connectivity index is 1.81. The van der Waals surface area contributed by atoms with Crippen LogP contribution in [0.3, 0.4) is 0 Å². The van der Waals surface area contributed by atoms with Crippen LogP contribution in [-0.4, -0.2) is 52.2 Å². The summed E-state index contributed by atoms with van der Waals surface area (Å²) in [4.78, 5) is 31.5. The van der Waals surface area contributed by atoms with Crippen LogP contribution in [0.5, 0.6) is 0 Å². The third-order valence-electron chi connectivity index (χ3n) is 3.92. The first kappa shape index (κ1) is 15.4. The Morgan fingerprint density at radius 1 is 1.43 bits per heavy atom. The van der Waals surface area contributed by atoms with Crippen LogP contribution in [0.4, 0.5) is 11.9 Å². The molecular weight excluding hydrogens is 296 g/mol. The smallest absolute Gasteiger partial charge is 0.252 e. The molecule has 2 N–H and O–H groups in total. The Bertz CT molecular complexity index is 745. The van der Waals surface area contributed by atoms with Crippen LogP contribution in [0.2, 0.25) is 0 Å². The molecule has 0 bridgehead atoms. The number of aromatic nitrogens is 4. The monoisotopic (exact) mass is 316 g/mol. The first-order valence-electron chi connectivity index (χ1n) is 7.53. The van der Waals surface area contributed by atoms with Gasteiger partial charge in [0.05, 0.1) is 18.0 Å². The van der Waals surface area contributed by atoms with Crippen LogP contribution >= 0.6 is 0 Å². The van der Waals surface area contributed by atoms with E-state index in [1.165, 1.54) is 0 Å². The van der Waals surface area contributed by atoms with E-state index < -0.39 is 0 Å². The van der Waals surface area contributed by atoms with Gasteiger partial charge in [-0.3, -0.25) is 9.78 Å². The lowest BCUT2D eigenvalue weighted by molar-refractivity contribution is 0.276. The third kappa shape index (κ3) is 3.31. The number of nitrogens with zero attached hydrogens (tertiary/aromatic N) is 5. The molecule has 8 heteroatoms. The van der Waals surface area contributed by atoms with E-state index in [0.29, 0.717) is 24.1 Å². The van der Waals surface area contributed by atoms with E-state index in [1.54, 1.807) is 23.2 Å². The minimum absolute atomic E-state index is 0.103. The number of nitrogens with one attached hydrogen (secondary N) is 1. The Morgan fingerprint density at radius 2 is 2.26 bits per heavy atom. The maximum absolute atomic E-state index is 11.8. The number of rotatable bonds is 4. The van der Waals surface area contributed by atoms with E-state index in [4.69, 9.17) is 0 Å². The Hall–Kier alpha value is -2.48. The van der Waals surface area contributed by atoms with Gasteiger partial charge in [-0.2, -0.15) is 0 Å². The molecule has 2 aromatic rings. The highest BCUT2D eigenvalue weighted by Crippen LogP contribution is 2.28. The van der Waals surface area contributed by atoms with Crippen LogP contribution in [0.1, 0.15) is 23.7 Å². The van der Waals surface area contributed by atoms with Crippen molar-refractivity contribution in [1.29, 1.82) is 0 Å². The van der Waals surface area contributed by atoms with Crippen molar-refractivity contribution in [2.24, 2.45) is 0 Å². The lowest BCUT2D eigenvalue weighted by Crippen LogP contribution is -2.24. The highest BCUT2D eigenvalue weighted by Gasteiger charge is 2.27. The maximum Gasteiger partial charge on any atom is 0.252 e. The fraction of sp³-hybridized carbons (Fsp3) is 0.467. The lowest BCUT2D eigenvalue weighted by Gasteiger charge is -2.17. The molecule has 0 aromatic carbocycles. The summed E-state index contributed by atoms with van der Waals surface area (Å²) in [5.74, 6) is 1.33. The summed E-state index contributed by atoms with van der Waals surface area (Å²) < 4.78 is 0. The molecule has 0 amide bonds. The molecule has 1 aliphatic heterocycles. The van der Waals surface area contributed by atoms with Gasteiger partial charge in [0.2, 0.25) is 11.9 Å². The molecule has 0 radical (unpaired) electrons. The molecule has 122 valence electrons. The molecule has 1 atom stereocenters. The molecule has 0 spiro atoms. The number of hydrogen-bond acceptors (Lipinski definition) is 7. The van der Waals surface area contributed by atoms with Crippen molar-refractivity contribution < 1.29 is 5.11 Å². The normalized spacial score (nSPS) is 17.5. The van der Waals surface area contributed by atoms with Gasteiger partial charge in [0.1, 0.15) is 0 Å². The third-order valence-corrected chi connectivity index (χ3v) is 3.92. The van der Waals surface area contributed by atoms with E-state index in [-0.39, 0.29) is 18.1 Å². The van der Waals surface area contributed by atoms with Crippen molar-refractivity contribution in [3.05, 3.63) is 40.1 Å². The number of aromatic amines is 1. The highest BCUT2D eigenvalue weighted by atomic mass is 16.3. The minimum atomic E-state index is -0.143. The largest absolute Gasteiger partial charge is 0.390 e. The Labute approximate surface area is 133 Å². The molecule has 1 aliphatic rings. The minimum Gasteiger partial charge on any atom is -0.390 e. The summed E-state index contributed by atoms with van der Waals surface area (Å²) in [6.45, 7) is 1.40. The summed E-state index contributed by atoms with van der Waals surface area (Å²) in [5.41, 5.74) is 1.25. The maximum atomic E-state index is 11.8. The van der Waals surface area contributed by atoms with Crippen molar-refractivity contribution in [3.63, 3.8) is 0 Å². The molecule has 3 rings (SSSR count). The SMILES string of the molecule is CN(C)c1nc(C2CCN(c3nccc(CO)n3)C2)cc(=O)[nH]1. The number of anilines is 2. The van der Waals surface area contributed by atoms with Gasteiger partial charge in [0, 0.05) is 45.4 Å². The molecule has 1 unspecified atom stereocenters. The molecule has 1 saturated heterocycles. The standard InChI is InChI=1S/C15H20N6O2/c1-20(2)15-18-12(7-13(23)19-15)10-4-6-21(8-10)14-16-5-3-11(9-22)17-14/h3,5,7,10,22H,4,6,8-9H2,1-2H3,(H,18,19,23). The second kappa shape index (κ2) is 6.33. The van der Waals surface area contributed by atoms with Crippen LogP contribution in [0, 0.1) is 0 Å². The average molecular weight is 316 g/mol. The average Bonchev–Trinajstić information content (AvgIpc) is 3.04. The zero-order valence-electron chi connectivity index (χ0n) is 13.2. The van der Waals surface area contributed by atoms with Crippen LogP contribution in [0.15, 0.2) is 23.1 Å². The first-order valence-corrected chi connectivity index (χ1v) is 7.53. The lowest BCUT2D eigenvalue weighted by atomic mass is 10.1.